The Hall–Kier alpha value is -8.46. The first kappa shape index (κ1) is 36.1. The second-order valence-corrected chi connectivity index (χ2v) is 17.7. The highest BCUT2D eigenvalue weighted by Crippen LogP contribution is 2.51. The Morgan fingerprint density at radius 2 is 0.800 bits per heavy atom. The van der Waals surface area contributed by atoms with E-state index in [-0.39, 0.29) is 5.92 Å². The largest absolute Gasteiger partial charge is 0.309 e. The minimum absolute atomic E-state index is 0.129. The lowest BCUT2D eigenvalue weighted by atomic mass is 9.88. The van der Waals surface area contributed by atoms with Gasteiger partial charge < -0.3 is 9.13 Å². The summed E-state index contributed by atoms with van der Waals surface area (Å²) >= 11 is 0. The first-order valence-corrected chi connectivity index (χ1v) is 22.6. The van der Waals surface area contributed by atoms with Crippen LogP contribution in [0.15, 0.2) is 237 Å². The van der Waals surface area contributed by atoms with Gasteiger partial charge in [-0.15, -0.1) is 0 Å². The number of para-hydroxylation sites is 1. The summed E-state index contributed by atoms with van der Waals surface area (Å²) in [5, 5.41) is 10.0. The molecule has 0 radical (unpaired) electrons. The third kappa shape index (κ3) is 5.54. The van der Waals surface area contributed by atoms with Crippen molar-refractivity contribution in [3.63, 3.8) is 0 Å². The van der Waals surface area contributed by atoms with Crippen LogP contribution in [0.4, 0.5) is 0 Å². The summed E-state index contributed by atoms with van der Waals surface area (Å²) in [7, 11) is 0. The molecule has 0 aliphatic heterocycles. The van der Waals surface area contributed by atoms with Gasteiger partial charge in [-0.05, 0) is 138 Å². The van der Waals surface area contributed by atoms with Gasteiger partial charge in [0, 0.05) is 38.8 Å². The Morgan fingerprint density at radius 3 is 1.57 bits per heavy atom. The van der Waals surface area contributed by atoms with E-state index in [1.165, 1.54) is 121 Å². The van der Waals surface area contributed by atoms with E-state index in [1.807, 2.05) is 0 Å². The first-order valence-electron chi connectivity index (χ1n) is 22.6. The van der Waals surface area contributed by atoms with Crippen molar-refractivity contribution in [2.45, 2.75) is 5.92 Å². The van der Waals surface area contributed by atoms with E-state index in [0.29, 0.717) is 0 Å². The average molecular weight is 825 g/mol. The quantitative estimate of drug-likeness (QED) is 0.164. The van der Waals surface area contributed by atoms with Crippen molar-refractivity contribution in [1.29, 1.82) is 0 Å². The summed E-state index contributed by atoms with van der Waals surface area (Å²) in [5.74, 6) is 0.129. The SMILES string of the molecule is c1ccc(-c2ccc(-n3c4ccccc4c4cc(-c5ccc6c(c5)c5cc7c(cc5n6-c5ccc6ccccc6c5)C(c5ccc6ccccc6c5)c5ccccc5-7)ccc43)cc2)cc1. The predicted molar refractivity (Wildman–Crippen MR) is 274 cm³/mol. The molecule has 0 saturated carbocycles. The molecule has 302 valence electrons. The number of nitrogens with zero attached hydrogens (tertiary/aromatic N) is 2. The van der Waals surface area contributed by atoms with Crippen LogP contribution in [-0.4, -0.2) is 9.13 Å². The molecule has 2 aromatic heterocycles. The van der Waals surface area contributed by atoms with Gasteiger partial charge in [-0.3, -0.25) is 0 Å². The molecule has 2 nitrogen and oxygen atoms in total. The zero-order valence-electron chi connectivity index (χ0n) is 35.5. The van der Waals surface area contributed by atoms with Crippen LogP contribution in [-0.2, 0) is 0 Å². The van der Waals surface area contributed by atoms with Crippen LogP contribution in [0.2, 0.25) is 0 Å². The van der Waals surface area contributed by atoms with Crippen molar-refractivity contribution >= 4 is 65.2 Å². The molecule has 11 aromatic carbocycles. The van der Waals surface area contributed by atoms with Crippen molar-refractivity contribution in [2.24, 2.45) is 0 Å². The molecule has 0 bridgehead atoms. The lowest BCUT2D eigenvalue weighted by Gasteiger charge is -2.16. The van der Waals surface area contributed by atoms with Gasteiger partial charge in [0.2, 0.25) is 0 Å². The van der Waals surface area contributed by atoms with E-state index < -0.39 is 0 Å². The Morgan fingerprint density at radius 1 is 0.262 bits per heavy atom. The number of hydrogen-bond acceptors (Lipinski definition) is 0. The lowest BCUT2D eigenvalue weighted by Crippen LogP contribution is -2.00. The second kappa shape index (κ2) is 14.0. The Balaban J connectivity index is 0.966. The smallest absolute Gasteiger partial charge is 0.0544 e. The van der Waals surface area contributed by atoms with Crippen LogP contribution in [0.25, 0.3) is 110 Å². The molecular formula is C63H40N2. The third-order valence-corrected chi connectivity index (χ3v) is 14.1. The predicted octanol–water partition coefficient (Wildman–Crippen LogP) is 16.7. The van der Waals surface area contributed by atoms with Gasteiger partial charge in [0.05, 0.1) is 22.1 Å². The highest BCUT2D eigenvalue weighted by Gasteiger charge is 2.32. The molecule has 2 heteroatoms. The third-order valence-electron chi connectivity index (χ3n) is 14.1. The summed E-state index contributed by atoms with van der Waals surface area (Å²) in [6.45, 7) is 0. The maximum atomic E-state index is 2.51. The fourth-order valence-corrected chi connectivity index (χ4v) is 11.1. The van der Waals surface area contributed by atoms with Crippen molar-refractivity contribution in [3.05, 3.63) is 253 Å². The molecule has 0 spiro atoms. The normalized spacial score (nSPS) is 13.4. The van der Waals surface area contributed by atoms with E-state index >= 15 is 0 Å². The minimum atomic E-state index is 0.129. The van der Waals surface area contributed by atoms with E-state index in [4.69, 9.17) is 0 Å². The van der Waals surface area contributed by atoms with Crippen molar-refractivity contribution in [2.75, 3.05) is 0 Å². The van der Waals surface area contributed by atoms with Crippen LogP contribution in [0.5, 0.6) is 0 Å². The molecule has 0 fully saturated rings. The van der Waals surface area contributed by atoms with E-state index in [1.54, 1.807) is 0 Å². The van der Waals surface area contributed by atoms with Crippen LogP contribution < -0.4 is 0 Å². The van der Waals surface area contributed by atoms with Gasteiger partial charge in [0.25, 0.3) is 0 Å². The summed E-state index contributed by atoms with van der Waals surface area (Å²) in [4.78, 5) is 0. The van der Waals surface area contributed by atoms with Crippen LogP contribution >= 0.6 is 0 Å². The Bertz CT molecular complexity index is 4050. The maximum Gasteiger partial charge on any atom is 0.0544 e. The molecule has 1 aliphatic rings. The van der Waals surface area contributed by atoms with Gasteiger partial charge in [-0.2, -0.15) is 0 Å². The maximum absolute atomic E-state index is 2.51. The fourth-order valence-electron chi connectivity index (χ4n) is 11.1. The number of benzene rings is 11. The van der Waals surface area contributed by atoms with Gasteiger partial charge in [-0.25, -0.2) is 0 Å². The van der Waals surface area contributed by atoms with Gasteiger partial charge in [0.1, 0.15) is 0 Å². The standard InChI is InChI=1S/C63H40N2/c1-2-12-40(13-3-1)43-24-29-49(30-25-43)64-59-21-11-10-19-52(59)55-36-46(27-32-60(55)64)47-28-33-61-56(37-47)57-38-54-51-18-8-9-20-53(51)63(48-23-22-41-14-4-6-16-44(41)34-48)58(54)39-62(57)65(61)50-31-26-42-15-5-7-17-45(42)35-50/h1-39,63H. The highest BCUT2D eigenvalue weighted by atomic mass is 15.0. The van der Waals surface area contributed by atoms with Gasteiger partial charge in [0.15, 0.2) is 0 Å². The second-order valence-electron chi connectivity index (χ2n) is 17.7. The Labute approximate surface area is 376 Å². The monoisotopic (exact) mass is 824 g/mol. The number of hydrogen-bond donors (Lipinski definition) is 0. The summed E-state index contributed by atoms with van der Waals surface area (Å²) in [5.41, 5.74) is 18.7. The number of aromatic nitrogens is 2. The van der Waals surface area contributed by atoms with Crippen LogP contribution in [0.3, 0.4) is 0 Å². The zero-order chi connectivity index (χ0) is 42.6. The van der Waals surface area contributed by atoms with Gasteiger partial charge in [-0.1, -0.05) is 170 Å². The molecule has 0 N–H and O–H groups in total. The molecule has 65 heavy (non-hydrogen) atoms. The molecule has 2 heterocycles. The molecule has 1 aliphatic carbocycles. The zero-order valence-corrected chi connectivity index (χ0v) is 35.5. The van der Waals surface area contributed by atoms with Gasteiger partial charge >= 0.3 is 0 Å². The van der Waals surface area contributed by atoms with E-state index in [0.717, 1.165) is 5.69 Å². The summed E-state index contributed by atoms with van der Waals surface area (Å²) < 4.78 is 4.91. The van der Waals surface area contributed by atoms with Crippen molar-refractivity contribution in [3.8, 4) is 44.8 Å². The molecular weight excluding hydrogens is 785 g/mol. The number of fused-ring (bicyclic) bond motifs is 11. The van der Waals surface area contributed by atoms with Crippen LogP contribution in [0, 0.1) is 0 Å². The molecule has 1 atom stereocenters. The van der Waals surface area contributed by atoms with Crippen molar-refractivity contribution < 1.29 is 0 Å². The van der Waals surface area contributed by atoms with E-state index in [9.17, 15) is 0 Å². The molecule has 0 amide bonds. The lowest BCUT2D eigenvalue weighted by molar-refractivity contribution is 1.02. The molecule has 14 rings (SSSR count). The topological polar surface area (TPSA) is 9.86 Å². The first-order chi connectivity index (χ1) is 32.2. The summed E-state index contributed by atoms with van der Waals surface area (Å²) in [6, 6.07) is 87.9. The fraction of sp³-hybridized carbons (Fsp3) is 0.0159. The Kier molecular flexibility index (Phi) is 7.78. The number of rotatable bonds is 5. The highest BCUT2D eigenvalue weighted by molar-refractivity contribution is 6.14. The molecule has 13 aromatic rings. The van der Waals surface area contributed by atoms with E-state index in [2.05, 4.69) is 246 Å². The van der Waals surface area contributed by atoms with Crippen molar-refractivity contribution in [1.82, 2.24) is 9.13 Å². The summed E-state index contributed by atoms with van der Waals surface area (Å²) in [6.07, 6.45) is 0. The molecule has 0 saturated heterocycles. The average Bonchev–Trinajstić information content (AvgIpc) is 4.00. The van der Waals surface area contributed by atoms with Crippen LogP contribution in [0.1, 0.15) is 22.6 Å². The molecule has 1 unspecified atom stereocenters. The minimum Gasteiger partial charge on any atom is -0.309 e.